The predicted octanol–water partition coefficient (Wildman–Crippen LogP) is 2.73. The van der Waals surface area contributed by atoms with Gasteiger partial charge in [0, 0.05) is 36.0 Å². The van der Waals surface area contributed by atoms with E-state index in [9.17, 15) is 0 Å². The molecule has 3 heteroatoms. The minimum atomic E-state index is 0.395. The molecule has 3 rings (SSSR count). The van der Waals surface area contributed by atoms with Crippen molar-refractivity contribution in [3.63, 3.8) is 0 Å². The van der Waals surface area contributed by atoms with Gasteiger partial charge in [-0.1, -0.05) is 0 Å². The second-order valence-electron chi connectivity index (χ2n) is 7.23. The third-order valence-corrected chi connectivity index (χ3v) is 6.80. The fourth-order valence-corrected chi connectivity index (χ4v) is 5.07. The van der Waals surface area contributed by atoms with E-state index in [1.165, 1.54) is 51.1 Å². The summed E-state index contributed by atoms with van der Waals surface area (Å²) < 4.78 is 0.524. The van der Waals surface area contributed by atoms with Crippen LogP contribution in [0.1, 0.15) is 46.5 Å². The second-order valence-corrected chi connectivity index (χ2v) is 8.91. The monoisotopic (exact) mass is 268 g/mol. The Balaban J connectivity index is 1.65. The summed E-state index contributed by atoms with van der Waals surface area (Å²) in [5, 5.41) is 3.83. The number of nitrogens with one attached hydrogen (secondary N) is 1. The van der Waals surface area contributed by atoms with Crippen LogP contribution in [0.25, 0.3) is 0 Å². The summed E-state index contributed by atoms with van der Waals surface area (Å²) in [6.45, 7) is 11.1. The standard InChI is InChI=1S/C15H28N2S/c1-12-9-16-15(3,13-5-6-13)11-17(12)10-14(2)7-4-8-18-14/h12-13,16H,4-11H2,1-3H3. The van der Waals surface area contributed by atoms with Crippen LogP contribution < -0.4 is 5.32 Å². The molecule has 1 N–H and O–H groups in total. The highest BCUT2D eigenvalue weighted by molar-refractivity contribution is 8.00. The van der Waals surface area contributed by atoms with E-state index in [0.29, 0.717) is 16.3 Å². The highest BCUT2D eigenvalue weighted by Crippen LogP contribution is 2.43. The van der Waals surface area contributed by atoms with Gasteiger partial charge in [0.1, 0.15) is 0 Å². The van der Waals surface area contributed by atoms with Crippen molar-refractivity contribution in [3.8, 4) is 0 Å². The average molecular weight is 268 g/mol. The fourth-order valence-electron chi connectivity index (χ4n) is 3.74. The van der Waals surface area contributed by atoms with Crippen LogP contribution in [0.15, 0.2) is 0 Å². The van der Waals surface area contributed by atoms with Crippen molar-refractivity contribution in [1.29, 1.82) is 0 Å². The number of rotatable bonds is 3. The van der Waals surface area contributed by atoms with E-state index >= 15 is 0 Å². The van der Waals surface area contributed by atoms with Crippen molar-refractivity contribution < 1.29 is 0 Å². The van der Waals surface area contributed by atoms with Gasteiger partial charge in [0.05, 0.1) is 0 Å². The van der Waals surface area contributed by atoms with Crippen molar-refractivity contribution >= 4 is 11.8 Å². The number of nitrogens with zero attached hydrogens (tertiary/aromatic N) is 1. The van der Waals surface area contributed by atoms with Crippen LogP contribution in [0.2, 0.25) is 0 Å². The first-order valence-electron chi connectivity index (χ1n) is 7.64. The zero-order chi connectivity index (χ0) is 12.8. The Bertz CT molecular complexity index is 308. The maximum absolute atomic E-state index is 3.83. The maximum Gasteiger partial charge on any atom is 0.0309 e. The first-order valence-corrected chi connectivity index (χ1v) is 8.62. The van der Waals surface area contributed by atoms with Crippen molar-refractivity contribution in [1.82, 2.24) is 10.2 Å². The summed E-state index contributed by atoms with van der Waals surface area (Å²) in [6.07, 6.45) is 5.71. The molecule has 2 saturated heterocycles. The topological polar surface area (TPSA) is 15.3 Å². The Morgan fingerprint density at radius 1 is 1.33 bits per heavy atom. The second kappa shape index (κ2) is 4.68. The summed E-state index contributed by atoms with van der Waals surface area (Å²) in [5.74, 6) is 2.31. The van der Waals surface area contributed by atoms with Gasteiger partial charge < -0.3 is 5.32 Å². The number of hydrogen-bond acceptors (Lipinski definition) is 3. The highest BCUT2D eigenvalue weighted by Gasteiger charge is 2.46. The van der Waals surface area contributed by atoms with Gasteiger partial charge in [0.2, 0.25) is 0 Å². The zero-order valence-electron chi connectivity index (χ0n) is 12.2. The van der Waals surface area contributed by atoms with E-state index in [2.05, 4.69) is 42.7 Å². The maximum atomic E-state index is 3.83. The molecule has 3 atom stereocenters. The van der Waals surface area contributed by atoms with Crippen LogP contribution in [0.5, 0.6) is 0 Å². The summed E-state index contributed by atoms with van der Waals surface area (Å²) in [6, 6.07) is 0.704. The van der Waals surface area contributed by atoms with Crippen LogP contribution in [0.3, 0.4) is 0 Å². The van der Waals surface area contributed by atoms with Gasteiger partial charge in [-0.2, -0.15) is 11.8 Å². The zero-order valence-corrected chi connectivity index (χ0v) is 13.0. The fraction of sp³-hybridized carbons (Fsp3) is 1.00. The minimum Gasteiger partial charge on any atom is -0.308 e. The third kappa shape index (κ3) is 2.59. The van der Waals surface area contributed by atoms with E-state index in [0.717, 1.165) is 5.92 Å². The molecule has 0 amide bonds. The number of thioether (sulfide) groups is 1. The quantitative estimate of drug-likeness (QED) is 0.847. The Kier molecular flexibility index (Phi) is 3.44. The molecule has 1 aliphatic carbocycles. The summed E-state index contributed by atoms with van der Waals surface area (Å²) in [7, 11) is 0. The molecule has 0 spiro atoms. The molecule has 0 aromatic carbocycles. The first kappa shape index (κ1) is 13.3. The van der Waals surface area contributed by atoms with E-state index in [1.54, 1.807) is 0 Å². The molecule has 18 heavy (non-hydrogen) atoms. The molecular weight excluding hydrogens is 240 g/mol. The lowest BCUT2D eigenvalue weighted by Gasteiger charge is -2.47. The normalized spacial score (nSPS) is 46.5. The largest absolute Gasteiger partial charge is 0.308 e. The SMILES string of the molecule is CC1CNC(C)(C2CC2)CN1CC1(C)CCCS1. The Morgan fingerprint density at radius 3 is 2.72 bits per heavy atom. The lowest BCUT2D eigenvalue weighted by molar-refractivity contribution is 0.0756. The van der Waals surface area contributed by atoms with Gasteiger partial charge in [-0.15, -0.1) is 0 Å². The number of hydrogen-bond donors (Lipinski definition) is 1. The Labute approximate surface area is 116 Å². The van der Waals surface area contributed by atoms with Crippen LogP contribution in [0.4, 0.5) is 0 Å². The third-order valence-electron chi connectivity index (χ3n) is 5.27. The molecule has 0 bridgehead atoms. The molecule has 2 nitrogen and oxygen atoms in total. The molecule has 2 aliphatic heterocycles. The minimum absolute atomic E-state index is 0.395. The molecule has 0 aromatic heterocycles. The van der Waals surface area contributed by atoms with Crippen molar-refractivity contribution in [2.75, 3.05) is 25.4 Å². The first-order chi connectivity index (χ1) is 8.51. The van der Waals surface area contributed by atoms with Gasteiger partial charge >= 0.3 is 0 Å². The van der Waals surface area contributed by atoms with E-state index in [-0.39, 0.29) is 0 Å². The molecule has 1 saturated carbocycles. The molecule has 3 fully saturated rings. The molecule has 3 aliphatic rings. The molecule has 3 unspecified atom stereocenters. The smallest absolute Gasteiger partial charge is 0.0309 e. The van der Waals surface area contributed by atoms with Crippen molar-refractivity contribution in [2.45, 2.75) is 62.8 Å². The van der Waals surface area contributed by atoms with E-state index in [4.69, 9.17) is 0 Å². The summed E-state index contributed by atoms with van der Waals surface area (Å²) in [5.41, 5.74) is 0.395. The number of piperazine rings is 1. The van der Waals surface area contributed by atoms with Gasteiger partial charge in [-0.3, -0.25) is 4.90 Å². The van der Waals surface area contributed by atoms with Gasteiger partial charge in [-0.25, -0.2) is 0 Å². The molecule has 0 radical (unpaired) electrons. The van der Waals surface area contributed by atoms with Crippen molar-refractivity contribution in [3.05, 3.63) is 0 Å². The Morgan fingerprint density at radius 2 is 2.11 bits per heavy atom. The lowest BCUT2D eigenvalue weighted by atomic mass is 9.90. The van der Waals surface area contributed by atoms with Crippen LogP contribution in [0, 0.1) is 5.92 Å². The molecule has 0 aromatic rings. The molecule has 104 valence electrons. The van der Waals surface area contributed by atoms with Crippen LogP contribution in [-0.4, -0.2) is 46.6 Å². The highest BCUT2D eigenvalue weighted by atomic mass is 32.2. The summed E-state index contributed by atoms with van der Waals surface area (Å²) in [4.78, 5) is 2.77. The molecule has 2 heterocycles. The Hall–Kier alpha value is 0.270. The lowest BCUT2D eigenvalue weighted by Crippen LogP contribution is -2.64. The van der Waals surface area contributed by atoms with Crippen LogP contribution in [-0.2, 0) is 0 Å². The van der Waals surface area contributed by atoms with Crippen LogP contribution >= 0.6 is 11.8 Å². The van der Waals surface area contributed by atoms with Gasteiger partial charge in [0.15, 0.2) is 0 Å². The van der Waals surface area contributed by atoms with E-state index in [1.807, 2.05) is 0 Å². The molecular formula is C15H28N2S. The predicted molar refractivity (Wildman–Crippen MR) is 80.3 cm³/mol. The van der Waals surface area contributed by atoms with Crippen molar-refractivity contribution in [2.24, 2.45) is 5.92 Å². The van der Waals surface area contributed by atoms with Gasteiger partial charge in [-0.05, 0) is 58.1 Å². The average Bonchev–Trinajstić information content (AvgIpc) is 3.09. The van der Waals surface area contributed by atoms with E-state index < -0.39 is 0 Å². The summed E-state index contributed by atoms with van der Waals surface area (Å²) >= 11 is 2.20. The van der Waals surface area contributed by atoms with Gasteiger partial charge in [0.25, 0.3) is 0 Å².